The van der Waals surface area contributed by atoms with Gasteiger partial charge in [0.15, 0.2) is 0 Å². The first-order chi connectivity index (χ1) is 7.54. The number of hydrogen-bond donors (Lipinski definition) is 0. The van der Waals surface area contributed by atoms with Crippen molar-refractivity contribution in [2.24, 2.45) is 0 Å². The van der Waals surface area contributed by atoms with E-state index in [9.17, 15) is 18.9 Å². The van der Waals surface area contributed by atoms with E-state index >= 15 is 0 Å². The molecule has 0 aliphatic heterocycles. The van der Waals surface area contributed by atoms with Crippen molar-refractivity contribution in [1.82, 2.24) is 0 Å². The molecule has 1 aromatic carbocycles. The van der Waals surface area contributed by atoms with Gasteiger partial charge in [-0.2, -0.15) is 0 Å². The summed E-state index contributed by atoms with van der Waals surface area (Å²) in [5.41, 5.74) is 0.527. The minimum atomic E-state index is -2.51. The highest BCUT2D eigenvalue weighted by atomic mass is 19.3. The Bertz CT molecular complexity index is 399. The van der Waals surface area contributed by atoms with E-state index in [0.717, 1.165) is 0 Å². The molecule has 0 radical (unpaired) electrons. The number of benzene rings is 1. The Morgan fingerprint density at radius 2 is 2.00 bits per heavy atom. The van der Waals surface area contributed by atoms with Crippen LogP contribution in [0.15, 0.2) is 30.0 Å². The third-order valence-corrected chi connectivity index (χ3v) is 2.12. The lowest BCUT2D eigenvalue weighted by Crippen LogP contribution is -1.96. The van der Waals surface area contributed by atoms with Crippen LogP contribution in [0.25, 0.3) is 6.08 Å². The van der Waals surface area contributed by atoms with E-state index in [4.69, 9.17) is 0 Å². The molecule has 0 saturated heterocycles. The van der Waals surface area contributed by atoms with Crippen LogP contribution in [-0.4, -0.2) is 4.92 Å². The number of allylic oxidation sites excluding steroid dienone is 1. The molecule has 1 aromatic rings. The van der Waals surface area contributed by atoms with Gasteiger partial charge < -0.3 is 0 Å². The molecule has 0 aliphatic rings. The second kappa shape index (κ2) is 5.34. The Morgan fingerprint density at radius 3 is 2.38 bits per heavy atom. The Morgan fingerprint density at radius 1 is 1.44 bits per heavy atom. The van der Waals surface area contributed by atoms with Gasteiger partial charge in [-0.3, -0.25) is 10.1 Å². The minimum absolute atomic E-state index is 0.0600. The highest BCUT2D eigenvalue weighted by Gasteiger charge is 2.08. The van der Waals surface area contributed by atoms with Gasteiger partial charge >= 0.3 is 0 Å². The molecule has 0 spiro atoms. The lowest BCUT2D eigenvalue weighted by molar-refractivity contribution is -0.425. The van der Waals surface area contributed by atoms with Crippen molar-refractivity contribution in [3.05, 3.63) is 51.2 Å². The SMILES string of the molecule is CC/C(=C/c1ccc(C(F)F)cc1)[N+](=O)[O-]. The highest BCUT2D eigenvalue weighted by Crippen LogP contribution is 2.19. The van der Waals surface area contributed by atoms with Crippen molar-refractivity contribution in [2.75, 3.05) is 0 Å². The molecule has 16 heavy (non-hydrogen) atoms. The molecule has 0 aliphatic carbocycles. The first kappa shape index (κ1) is 12.3. The summed E-state index contributed by atoms with van der Waals surface area (Å²) in [6.45, 7) is 1.67. The van der Waals surface area contributed by atoms with Crippen LogP contribution in [0.3, 0.4) is 0 Å². The molecule has 0 heterocycles. The monoisotopic (exact) mass is 227 g/mol. The highest BCUT2D eigenvalue weighted by molar-refractivity contribution is 5.51. The largest absolute Gasteiger partial charge is 0.263 e. The van der Waals surface area contributed by atoms with Gasteiger partial charge in [-0.1, -0.05) is 31.2 Å². The number of hydrogen-bond acceptors (Lipinski definition) is 2. The van der Waals surface area contributed by atoms with E-state index in [2.05, 4.69) is 0 Å². The maximum absolute atomic E-state index is 12.2. The maximum atomic E-state index is 12.2. The predicted octanol–water partition coefficient (Wildman–Crippen LogP) is 3.65. The summed E-state index contributed by atoms with van der Waals surface area (Å²) in [4.78, 5) is 10.1. The van der Waals surface area contributed by atoms with Gasteiger partial charge in [-0.05, 0) is 5.56 Å². The molecule has 0 aromatic heterocycles. The quantitative estimate of drug-likeness (QED) is 0.582. The third-order valence-electron chi connectivity index (χ3n) is 2.12. The molecule has 0 fully saturated rings. The average molecular weight is 227 g/mol. The zero-order valence-corrected chi connectivity index (χ0v) is 8.69. The first-order valence-corrected chi connectivity index (χ1v) is 4.77. The molecular weight excluding hydrogens is 216 g/mol. The third kappa shape index (κ3) is 3.12. The zero-order valence-electron chi connectivity index (χ0n) is 8.69. The van der Waals surface area contributed by atoms with Crippen LogP contribution in [0.5, 0.6) is 0 Å². The first-order valence-electron chi connectivity index (χ1n) is 4.77. The van der Waals surface area contributed by atoms with E-state index in [0.29, 0.717) is 12.0 Å². The fraction of sp³-hybridized carbons (Fsp3) is 0.273. The number of halogens is 2. The standard InChI is InChI=1S/C11H11F2NO2/c1-2-10(14(15)16)7-8-3-5-9(6-4-8)11(12)13/h3-7,11H,2H2,1H3/b10-7-. The second-order valence-corrected chi connectivity index (χ2v) is 3.21. The van der Waals surface area contributed by atoms with Gasteiger partial charge in [0.1, 0.15) is 0 Å². The molecule has 3 nitrogen and oxygen atoms in total. The molecule has 0 saturated carbocycles. The molecule has 0 atom stereocenters. The van der Waals surface area contributed by atoms with Gasteiger partial charge in [-0.25, -0.2) is 8.78 Å². The summed E-state index contributed by atoms with van der Waals surface area (Å²) in [6.07, 6.45) is -0.835. The Hall–Kier alpha value is -1.78. The van der Waals surface area contributed by atoms with Gasteiger partial charge in [0.05, 0.1) is 4.92 Å². The van der Waals surface area contributed by atoms with E-state index in [-0.39, 0.29) is 11.3 Å². The normalized spacial score (nSPS) is 11.9. The summed E-state index contributed by atoms with van der Waals surface area (Å²) in [5, 5.41) is 10.5. The Labute approximate surface area is 91.6 Å². The summed E-state index contributed by atoms with van der Waals surface area (Å²) in [6, 6.07) is 5.43. The number of nitrogens with zero attached hydrogens (tertiary/aromatic N) is 1. The summed E-state index contributed by atoms with van der Waals surface area (Å²) >= 11 is 0. The van der Waals surface area contributed by atoms with E-state index in [1.54, 1.807) is 6.92 Å². The summed E-state index contributed by atoms with van der Waals surface area (Å²) < 4.78 is 24.5. The van der Waals surface area contributed by atoms with Gasteiger partial charge in [0.25, 0.3) is 6.43 Å². The molecule has 0 bridgehead atoms. The van der Waals surface area contributed by atoms with Crippen LogP contribution in [-0.2, 0) is 0 Å². The molecule has 5 heteroatoms. The molecular formula is C11H11F2NO2. The van der Waals surface area contributed by atoms with E-state index < -0.39 is 11.3 Å². The van der Waals surface area contributed by atoms with Gasteiger partial charge in [-0.15, -0.1) is 0 Å². The number of nitro groups is 1. The Kier molecular flexibility index (Phi) is 4.10. The number of rotatable bonds is 4. The van der Waals surface area contributed by atoms with Crippen molar-refractivity contribution in [1.29, 1.82) is 0 Å². The fourth-order valence-corrected chi connectivity index (χ4v) is 1.21. The molecule has 1 rings (SSSR count). The zero-order chi connectivity index (χ0) is 12.1. The summed E-state index contributed by atoms with van der Waals surface area (Å²) in [5.74, 6) is 0. The smallest absolute Gasteiger partial charge is 0.259 e. The average Bonchev–Trinajstić information content (AvgIpc) is 2.26. The van der Waals surface area contributed by atoms with Crippen LogP contribution < -0.4 is 0 Å². The lowest BCUT2D eigenvalue weighted by atomic mass is 10.1. The molecule has 0 unspecified atom stereocenters. The summed E-state index contributed by atoms with van der Waals surface area (Å²) in [7, 11) is 0. The minimum Gasteiger partial charge on any atom is -0.259 e. The molecule has 86 valence electrons. The van der Waals surface area contributed by atoms with Crippen molar-refractivity contribution < 1.29 is 13.7 Å². The van der Waals surface area contributed by atoms with Crippen molar-refractivity contribution in [3.63, 3.8) is 0 Å². The molecule has 0 N–H and O–H groups in total. The molecule has 0 amide bonds. The van der Waals surface area contributed by atoms with Crippen molar-refractivity contribution in [3.8, 4) is 0 Å². The topological polar surface area (TPSA) is 43.1 Å². The van der Waals surface area contributed by atoms with Crippen LogP contribution in [0.1, 0.15) is 30.9 Å². The van der Waals surface area contributed by atoms with E-state index in [1.807, 2.05) is 0 Å². The Balaban J connectivity index is 2.94. The van der Waals surface area contributed by atoms with Crippen LogP contribution >= 0.6 is 0 Å². The van der Waals surface area contributed by atoms with Crippen LogP contribution in [0.2, 0.25) is 0 Å². The van der Waals surface area contributed by atoms with Crippen LogP contribution in [0, 0.1) is 10.1 Å². The second-order valence-electron chi connectivity index (χ2n) is 3.21. The van der Waals surface area contributed by atoms with Crippen LogP contribution in [0.4, 0.5) is 8.78 Å². The maximum Gasteiger partial charge on any atom is 0.263 e. The predicted molar refractivity (Wildman–Crippen MR) is 56.7 cm³/mol. The van der Waals surface area contributed by atoms with E-state index in [1.165, 1.54) is 30.3 Å². The van der Waals surface area contributed by atoms with Gasteiger partial charge in [0.2, 0.25) is 5.70 Å². The number of alkyl halides is 2. The van der Waals surface area contributed by atoms with Crippen molar-refractivity contribution >= 4 is 6.08 Å². The lowest BCUT2D eigenvalue weighted by Gasteiger charge is -2.00. The van der Waals surface area contributed by atoms with Crippen molar-refractivity contribution in [2.45, 2.75) is 19.8 Å². The fourth-order valence-electron chi connectivity index (χ4n) is 1.21. The van der Waals surface area contributed by atoms with Gasteiger partial charge in [0, 0.05) is 18.1 Å².